The molecule has 0 aliphatic carbocycles. The van der Waals surface area contributed by atoms with Gasteiger partial charge in [-0.2, -0.15) is 0 Å². The molecule has 0 saturated carbocycles. The number of halogens is 1. The molecule has 0 amide bonds. The average Bonchev–Trinajstić information content (AvgIpc) is 2.47. The first-order valence-corrected chi connectivity index (χ1v) is 8.30. The first-order chi connectivity index (χ1) is 10.0. The lowest BCUT2D eigenvalue weighted by Crippen LogP contribution is -2.39. The van der Waals surface area contributed by atoms with E-state index in [-0.39, 0.29) is 11.5 Å². The number of aliphatic hydroxyl groups excluding tert-OH is 1. The third-order valence-corrected chi connectivity index (χ3v) is 4.73. The van der Waals surface area contributed by atoms with Gasteiger partial charge in [-0.3, -0.25) is 0 Å². The molecule has 0 bridgehead atoms. The summed E-state index contributed by atoms with van der Waals surface area (Å²) in [6.45, 7) is -0.283. The first kappa shape index (κ1) is 16.0. The molecule has 1 unspecified atom stereocenters. The van der Waals surface area contributed by atoms with Gasteiger partial charge in [0.05, 0.1) is 11.5 Å². The number of nitrogens with one attached hydrogen (secondary N) is 1. The highest BCUT2D eigenvalue weighted by Crippen LogP contribution is 2.16. The Balaban J connectivity index is 2.14. The maximum atomic E-state index is 12.3. The van der Waals surface area contributed by atoms with Crippen LogP contribution in [0.1, 0.15) is 5.56 Å². The van der Waals surface area contributed by atoms with E-state index in [2.05, 4.69) is 4.72 Å². The quantitative estimate of drug-likeness (QED) is 0.856. The van der Waals surface area contributed by atoms with Gasteiger partial charge in [0.2, 0.25) is 10.0 Å². The van der Waals surface area contributed by atoms with Crippen molar-refractivity contribution in [3.05, 3.63) is 65.2 Å². The fourth-order valence-corrected chi connectivity index (χ4v) is 3.49. The smallest absolute Gasteiger partial charge is 0.240 e. The minimum Gasteiger partial charge on any atom is -0.395 e. The van der Waals surface area contributed by atoms with E-state index in [1.165, 1.54) is 12.1 Å². The summed E-state index contributed by atoms with van der Waals surface area (Å²) in [6.07, 6.45) is 0.414. The number of hydrogen-bond donors (Lipinski definition) is 2. The van der Waals surface area contributed by atoms with Crippen LogP contribution in [0.5, 0.6) is 0 Å². The van der Waals surface area contributed by atoms with Gasteiger partial charge in [-0.15, -0.1) is 0 Å². The number of aliphatic hydroxyl groups is 1. The maximum Gasteiger partial charge on any atom is 0.240 e. The van der Waals surface area contributed by atoms with E-state index in [1.807, 2.05) is 30.3 Å². The Bertz CT molecular complexity index is 689. The molecule has 0 aromatic heterocycles. The van der Waals surface area contributed by atoms with E-state index in [1.54, 1.807) is 12.1 Å². The molecule has 0 aliphatic rings. The molecule has 21 heavy (non-hydrogen) atoms. The second-order valence-electron chi connectivity index (χ2n) is 4.65. The fourth-order valence-electron chi connectivity index (χ4n) is 1.96. The second kappa shape index (κ2) is 7.04. The topological polar surface area (TPSA) is 66.4 Å². The van der Waals surface area contributed by atoms with Gasteiger partial charge in [-0.25, -0.2) is 13.1 Å². The Kier molecular flexibility index (Phi) is 5.36. The van der Waals surface area contributed by atoms with E-state index in [0.29, 0.717) is 11.4 Å². The van der Waals surface area contributed by atoms with Gasteiger partial charge in [-0.05, 0) is 30.2 Å². The third kappa shape index (κ3) is 4.54. The predicted octanol–water partition coefficient (Wildman–Crippen LogP) is 2.22. The molecular weight excluding hydrogens is 310 g/mol. The summed E-state index contributed by atoms with van der Waals surface area (Å²) in [5, 5.41) is 9.75. The van der Waals surface area contributed by atoms with Crippen molar-refractivity contribution in [2.24, 2.45) is 0 Å². The van der Waals surface area contributed by atoms with Gasteiger partial charge in [0, 0.05) is 11.1 Å². The van der Waals surface area contributed by atoms with Crippen LogP contribution in [0, 0.1) is 0 Å². The summed E-state index contributed by atoms with van der Waals surface area (Å²) in [7, 11) is -3.71. The molecule has 2 N–H and O–H groups in total. The molecular formula is C15H16ClNO3S. The Labute approximate surface area is 129 Å². The lowest BCUT2D eigenvalue weighted by atomic mass is 10.1. The normalized spacial score (nSPS) is 13.0. The molecule has 0 saturated heterocycles. The number of sulfonamides is 1. The molecule has 0 heterocycles. The SMILES string of the molecule is O=S(=O)(NC(CO)Cc1ccccc1)c1cccc(Cl)c1. The zero-order valence-corrected chi connectivity index (χ0v) is 12.8. The second-order valence-corrected chi connectivity index (χ2v) is 6.80. The van der Waals surface area contributed by atoms with Crippen molar-refractivity contribution >= 4 is 21.6 Å². The van der Waals surface area contributed by atoms with Crippen LogP contribution in [-0.4, -0.2) is 26.2 Å². The van der Waals surface area contributed by atoms with Crippen molar-refractivity contribution in [2.75, 3.05) is 6.61 Å². The van der Waals surface area contributed by atoms with Crippen LogP contribution in [0.15, 0.2) is 59.5 Å². The first-order valence-electron chi connectivity index (χ1n) is 6.44. The number of benzene rings is 2. The summed E-state index contributed by atoms with van der Waals surface area (Å²) in [4.78, 5) is 0.0847. The lowest BCUT2D eigenvalue weighted by Gasteiger charge is -2.16. The predicted molar refractivity (Wildman–Crippen MR) is 82.8 cm³/mol. The summed E-state index contributed by atoms with van der Waals surface area (Å²) in [6, 6.07) is 14.8. The summed E-state index contributed by atoms with van der Waals surface area (Å²) in [5.41, 5.74) is 0.949. The van der Waals surface area contributed by atoms with Gasteiger partial charge in [0.25, 0.3) is 0 Å². The highest BCUT2D eigenvalue weighted by atomic mass is 35.5. The van der Waals surface area contributed by atoms with E-state index in [9.17, 15) is 13.5 Å². The molecule has 0 fully saturated rings. The zero-order chi connectivity index (χ0) is 15.3. The molecule has 2 aromatic rings. The Morgan fingerprint density at radius 1 is 1.10 bits per heavy atom. The van der Waals surface area contributed by atoms with Crippen LogP contribution in [0.4, 0.5) is 0 Å². The third-order valence-electron chi connectivity index (χ3n) is 2.97. The van der Waals surface area contributed by atoms with Crippen molar-refractivity contribution in [2.45, 2.75) is 17.4 Å². The number of rotatable bonds is 6. The van der Waals surface area contributed by atoms with Crippen LogP contribution in [0.3, 0.4) is 0 Å². The molecule has 6 heteroatoms. The summed E-state index contributed by atoms with van der Waals surface area (Å²) in [5.74, 6) is 0. The molecule has 112 valence electrons. The molecule has 0 radical (unpaired) electrons. The van der Waals surface area contributed by atoms with Gasteiger partial charge < -0.3 is 5.11 Å². The van der Waals surface area contributed by atoms with Crippen molar-refractivity contribution in [1.82, 2.24) is 4.72 Å². The minimum atomic E-state index is -3.71. The molecule has 0 aliphatic heterocycles. The largest absolute Gasteiger partial charge is 0.395 e. The van der Waals surface area contributed by atoms with Crippen LogP contribution in [0.2, 0.25) is 5.02 Å². The van der Waals surface area contributed by atoms with Gasteiger partial charge in [-0.1, -0.05) is 48.0 Å². The lowest BCUT2D eigenvalue weighted by molar-refractivity contribution is 0.256. The summed E-state index contributed by atoms with van der Waals surface area (Å²) < 4.78 is 27.0. The van der Waals surface area contributed by atoms with Gasteiger partial charge in [0.15, 0.2) is 0 Å². The molecule has 0 spiro atoms. The number of hydrogen-bond acceptors (Lipinski definition) is 3. The Morgan fingerprint density at radius 3 is 2.43 bits per heavy atom. The Morgan fingerprint density at radius 2 is 1.81 bits per heavy atom. The monoisotopic (exact) mass is 325 g/mol. The zero-order valence-electron chi connectivity index (χ0n) is 11.2. The summed E-state index contributed by atoms with van der Waals surface area (Å²) >= 11 is 5.81. The average molecular weight is 326 g/mol. The van der Waals surface area contributed by atoms with Crippen LogP contribution >= 0.6 is 11.6 Å². The van der Waals surface area contributed by atoms with Gasteiger partial charge >= 0.3 is 0 Å². The minimum absolute atomic E-state index is 0.0847. The standard InChI is InChI=1S/C15H16ClNO3S/c16-13-7-4-8-15(10-13)21(19,20)17-14(11-18)9-12-5-2-1-3-6-12/h1-8,10,14,17-18H,9,11H2. The van der Waals surface area contributed by atoms with E-state index in [0.717, 1.165) is 5.56 Å². The fraction of sp³-hybridized carbons (Fsp3) is 0.200. The molecule has 4 nitrogen and oxygen atoms in total. The maximum absolute atomic E-state index is 12.3. The van der Waals surface area contributed by atoms with Crippen molar-refractivity contribution in [1.29, 1.82) is 0 Å². The van der Waals surface area contributed by atoms with E-state index in [4.69, 9.17) is 11.6 Å². The highest BCUT2D eigenvalue weighted by molar-refractivity contribution is 7.89. The van der Waals surface area contributed by atoms with Gasteiger partial charge in [0.1, 0.15) is 0 Å². The van der Waals surface area contributed by atoms with Crippen LogP contribution in [0.25, 0.3) is 0 Å². The highest BCUT2D eigenvalue weighted by Gasteiger charge is 2.20. The molecule has 2 rings (SSSR count). The van der Waals surface area contributed by atoms with Crippen molar-refractivity contribution in [3.8, 4) is 0 Å². The van der Waals surface area contributed by atoms with Crippen molar-refractivity contribution < 1.29 is 13.5 Å². The molecule has 2 aromatic carbocycles. The van der Waals surface area contributed by atoms with Crippen molar-refractivity contribution in [3.63, 3.8) is 0 Å². The van der Waals surface area contributed by atoms with E-state index >= 15 is 0 Å². The Hall–Kier alpha value is -1.40. The van der Waals surface area contributed by atoms with E-state index < -0.39 is 16.1 Å². The van der Waals surface area contributed by atoms with Crippen LogP contribution < -0.4 is 4.72 Å². The molecule has 1 atom stereocenters. The van der Waals surface area contributed by atoms with Crippen LogP contribution in [-0.2, 0) is 16.4 Å².